The summed E-state index contributed by atoms with van der Waals surface area (Å²) in [5.41, 5.74) is -2.34. The van der Waals surface area contributed by atoms with Crippen LogP contribution >= 0.6 is 0 Å². The molecule has 6 nitrogen and oxygen atoms in total. The fraction of sp³-hybridized carbons (Fsp3) is 0.462. The number of benzene rings is 1. The summed E-state index contributed by atoms with van der Waals surface area (Å²) in [5, 5.41) is 22.8. The summed E-state index contributed by atoms with van der Waals surface area (Å²) in [4.78, 5) is 21.3. The highest BCUT2D eigenvalue weighted by Crippen LogP contribution is 2.41. The highest BCUT2D eigenvalue weighted by Gasteiger charge is 2.46. The van der Waals surface area contributed by atoms with Crippen molar-refractivity contribution >= 4 is 17.3 Å². The number of aliphatic carboxylic acids is 1. The van der Waals surface area contributed by atoms with Gasteiger partial charge in [-0.1, -0.05) is 6.42 Å². The molecule has 8 heteroatoms. The third-order valence-corrected chi connectivity index (χ3v) is 3.99. The number of hydrogen-bond acceptors (Lipinski definition) is 4. The zero-order valence-electron chi connectivity index (χ0n) is 11.2. The minimum Gasteiger partial charge on any atom is -0.481 e. The van der Waals surface area contributed by atoms with Crippen molar-refractivity contribution in [1.82, 2.24) is 0 Å². The number of nitro groups is 1. The van der Waals surface area contributed by atoms with E-state index in [1.165, 1.54) is 6.92 Å². The van der Waals surface area contributed by atoms with Gasteiger partial charge in [0.05, 0.1) is 10.3 Å². The van der Waals surface area contributed by atoms with Crippen molar-refractivity contribution in [2.45, 2.75) is 32.2 Å². The Balaban J connectivity index is 2.40. The minimum atomic E-state index is -1.29. The lowest BCUT2D eigenvalue weighted by molar-refractivity contribution is -0.386. The highest BCUT2D eigenvalue weighted by molar-refractivity contribution is 5.77. The van der Waals surface area contributed by atoms with E-state index in [2.05, 4.69) is 5.32 Å². The molecule has 0 saturated heterocycles. The average Bonchev–Trinajstić information content (AvgIpc) is 2.70. The topological polar surface area (TPSA) is 92.5 Å². The Morgan fingerprint density at radius 1 is 1.52 bits per heavy atom. The van der Waals surface area contributed by atoms with Gasteiger partial charge in [-0.05, 0) is 19.8 Å². The van der Waals surface area contributed by atoms with Gasteiger partial charge < -0.3 is 10.4 Å². The van der Waals surface area contributed by atoms with Crippen molar-refractivity contribution < 1.29 is 23.6 Å². The number of carbonyl (C=O) groups is 1. The largest absolute Gasteiger partial charge is 0.481 e. The van der Waals surface area contributed by atoms with E-state index in [-0.39, 0.29) is 5.69 Å². The standard InChI is InChI=1S/C13H14F2N2O4/c1-13(12(18)19)4-2-3-10(13)16-9-6-7(14)5-8(15)11(9)17(20)21/h5-6,10,16H,2-4H2,1H3,(H,18,19). The molecular weight excluding hydrogens is 286 g/mol. The normalized spacial score (nSPS) is 24.8. The number of carboxylic acid groups (broad SMARTS) is 1. The second-order valence-corrected chi connectivity index (χ2v) is 5.35. The molecule has 2 unspecified atom stereocenters. The Hall–Kier alpha value is -2.25. The van der Waals surface area contributed by atoms with Crippen LogP contribution in [0.2, 0.25) is 0 Å². The first-order chi connectivity index (χ1) is 9.75. The second kappa shape index (κ2) is 5.27. The molecule has 1 aliphatic rings. The SMILES string of the molecule is CC1(C(=O)O)CCCC1Nc1cc(F)cc(F)c1[N+](=O)[O-]. The van der Waals surface area contributed by atoms with E-state index in [1.807, 2.05) is 0 Å². The van der Waals surface area contributed by atoms with Crippen LogP contribution in [-0.2, 0) is 4.79 Å². The smallest absolute Gasteiger partial charge is 0.327 e. The van der Waals surface area contributed by atoms with E-state index in [4.69, 9.17) is 0 Å². The minimum absolute atomic E-state index is 0.336. The molecule has 0 aromatic heterocycles. The zero-order chi connectivity index (χ0) is 15.8. The van der Waals surface area contributed by atoms with Crippen molar-refractivity contribution in [3.63, 3.8) is 0 Å². The first-order valence-corrected chi connectivity index (χ1v) is 6.39. The maximum atomic E-state index is 13.5. The quantitative estimate of drug-likeness (QED) is 0.659. The maximum absolute atomic E-state index is 13.5. The molecule has 0 amide bonds. The monoisotopic (exact) mass is 300 g/mol. The van der Waals surface area contributed by atoms with E-state index in [1.54, 1.807) is 0 Å². The van der Waals surface area contributed by atoms with Crippen LogP contribution in [0.5, 0.6) is 0 Å². The molecule has 2 N–H and O–H groups in total. The Labute approximate surface area is 118 Å². The summed E-state index contributed by atoms with van der Waals surface area (Å²) in [7, 11) is 0. The Bertz CT molecular complexity index is 608. The van der Waals surface area contributed by atoms with Crippen LogP contribution in [0.3, 0.4) is 0 Å². The second-order valence-electron chi connectivity index (χ2n) is 5.35. The first-order valence-electron chi connectivity index (χ1n) is 6.39. The number of halogens is 2. The molecule has 0 spiro atoms. The van der Waals surface area contributed by atoms with Gasteiger partial charge in [0.25, 0.3) is 0 Å². The lowest BCUT2D eigenvalue weighted by atomic mass is 9.84. The number of carboxylic acids is 1. The zero-order valence-corrected chi connectivity index (χ0v) is 11.2. The molecule has 1 aromatic carbocycles. The predicted octanol–water partition coefficient (Wildman–Crippen LogP) is 2.93. The van der Waals surface area contributed by atoms with E-state index < -0.39 is 39.7 Å². The van der Waals surface area contributed by atoms with Crippen molar-refractivity contribution in [1.29, 1.82) is 0 Å². The van der Waals surface area contributed by atoms with Crippen molar-refractivity contribution in [3.05, 3.63) is 33.9 Å². The van der Waals surface area contributed by atoms with Gasteiger partial charge in [-0.15, -0.1) is 0 Å². The number of rotatable bonds is 4. The van der Waals surface area contributed by atoms with Gasteiger partial charge in [0.15, 0.2) is 0 Å². The third-order valence-electron chi connectivity index (χ3n) is 3.99. The van der Waals surface area contributed by atoms with Crippen LogP contribution in [0, 0.1) is 27.2 Å². The molecule has 0 heterocycles. The molecule has 21 heavy (non-hydrogen) atoms. The third kappa shape index (κ3) is 2.65. The fourth-order valence-electron chi connectivity index (χ4n) is 2.70. The van der Waals surface area contributed by atoms with E-state index in [0.29, 0.717) is 25.3 Å². The number of nitrogens with zero attached hydrogens (tertiary/aromatic N) is 1. The van der Waals surface area contributed by atoms with E-state index in [9.17, 15) is 28.8 Å². The Morgan fingerprint density at radius 2 is 2.19 bits per heavy atom. The lowest BCUT2D eigenvalue weighted by Crippen LogP contribution is -2.40. The number of nitrogens with one attached hydrogen (secondary N) is 1. The molecule has 1 saturated carbocycles. The van der Waals surface area contributed by atoms with Gasteiger partial charge in [-0.2, -0.15) is 4.39 Å². The molecular formula is C13H14F2N2O4. The van der Waals surface area contributed by atoms with Gasteiger partial charge >= 0.3 is 11.7 Å². The summed E-state index contributed by atoms with van der Waals surface area (Å²) in [6.45, 7) is 1.52. The Morgan fingerprint density at radius 3 is 2.76 bits per heavy atom. The fourth-order valence-corrected chi connectivity index (χ4v) is 2.70. The molecule has 2 rings (SSSR count). The summed E-state index contributed by atoms with van der Waals surface area (Å²) in [6, 6.07) is 0.603. The van der Waals surface area contributed by atoms with E-state index in [0.717, 1.165) is 6.07 Å². The number of hydrogen-bond donors (Lipinski definition) is 2. The molecule has 2 atom stereocenters. The average molecular weight is 300 g/mol. The molecule has 114 valence electrons. The predicted molar refractivity (Wildman–Crippen MR) is 70.0 cm³/mol. The summed E-state index contributed by atoms with van der Waals surface area (Å²) in [6.07, 6.45) is 1.47. The van der Waals surface area contributed by atoms with Crippen molar-refractivity contribution in [2.24, 2.45) is 5.41 Å². The summed E-state index contributed by atoms with van der Waals surface area (Å²) in [5.74, 6) is -3.30. The van der Waals surface area contributed by atoms with Crippen molar-refractivity contribution in [2.75, 3.05) is 5.32 Å². The van der Waals surface area contributed by atoms with Crippen LogP contribution in [0.4, 0.5) is 20.2 Å². The van der Waals surface area contributed by atoms with Crippen LogP contribution in [0.1, 0.15) is 26.2 Å². The number of nitro benzene ring substituents is 1. The van der Waals surface area contributed by atoms with Gasteiger partial charge in [0, 0.05) is 18.2 Å². The highest BCUT2D eigenvalue weighted by atomic mass is 19.1. The molecule has 1 fully saturated rings. The van der Waals surface area contributed by atoms with Crippen LogP contribution < -0.4 is 5.32 Å². The van der Waals surface area contributed by atoms with Crippen molar-refractivity contribution in [3.8, 4) is 0 Å². The Kier molecular flexibility index (Phi) is 3.80. The first kappa shape index (κ1) is 15.1. The molecule has 1 aromatic rings. The molecule has 0 radical (unpaired) electrons. The summed E-state index contributed by atoms with van der Waals surface area (Å²) >= 11 is 0. The van der Waals surface area contributed by atoms with Gasteiger partial charge in [-0.3, -0.25) is 14.9 Å². The number of anilines is 1. The van der Waals surface area contributed by atoms with Crippen LogP contribution in [0.25, 0.3) is 0 Å². The molecule has 1 aliphatic carbocycles. The van der Waals surface area contributed by atoms with Gasteiger partial charge in [0.2, 0.25) is 5.82 Å². The lowest BCUT2D eigenvalue weighted by Gasteiger charge is -2.28. The molecule has 0 aliphatic heterocycles. The van der Waals surface area contributed by atoms with Gasteiger partial charge in [-0.25, -0.2) is 4.39 Å². The molecule has 0 bridgehead atoms. The van der Waals surface area contributed by atoms with Crippen LogP contribution in [0.15, 0.2) is 12.1 Å². The van der Waals surface area contributed by atoms with E-state index >= 15 is 0 Å². The van der Waals surface area contributed by atoms with Crippen LogP contribution in [-0.4, -0.2) is 22.0 Å². The van der Waals surface area contributed by atoms with Gasteiger partial charge in [0.1, 0.15) is 11.5 Å². The maximum Gasteiger partial charge on any atom is 0.327 e. The summed E-state index contributed by atoms with van der Waals surface area (Å²) < 4.78 is 26.8.